The Morgan fingerprint density at radius 3 is 1.61 bits per heavy atom. The van der Waals surface area contributed by atoms with Gasteiger partial charge in [-0.05, 0) is 144 Å². The fraction of sp³-hybridized carbons (Fsp3) is 0.161. The number of anilines is 3. The molecule has 9 aromatic rings. The highest BCUT2D eigenvalue weighted by atomic mass is 28.3. The molecule has 0 spiro atoms. The standard InChI is InChI=1S/C62H53NSi/c1-62(2)59-28-15-14-26-56(59)61-58(55-27-16-18-44-17-12-13-25-54(44)55)41-49(42-60(61)62)63(47-33-31-45(32-34-47)57-40-43-29-30-46(57)39-43)48-35-37-53(38-36-48)64(50-19-6-3-7-20-50,51-21-8-4-9-22-51)52-23-10-5-11-24-52/h3-28,31-38,41-43,46,57H,29-30,39-40H2,1-2H3. The summed E-state index contributed by atoms with van der Waals surface area (Å²) in [6.45, 7) is 4.83. The molecule has 3 unspecified atom stereocenters. The molecule has 9 aromatic carbocycles. The molecule has 0 radical (unpaired) electrons. The highest BCUT2D eigenvalue weighted by molar-refractivity contribution is 7.19. The lowest BCUT2D eigenvalue weighted by Gasteiger charge is -2.35. The molecule has 0 N–H and O–H groups in total. The van der Waals surface area contributed by atoms with Crippen LogP contribution >= 0.6 is 0 Å². The Bertz CT molecular complexity index is 3030. The molecule has 2 heteroatoms. The predicted octanol–water partition coefficient (Wildman–Crippen LogP) is 13.6. The zero-order valence-corrected chi connectivity index (χ0v) is 37.8. The van der Waals surface area contributed by atoms with E-state index in [0.29, 0.717) is 5.92 Å². The van der Waals surface area contributed by atoms with E-state index in [9.17, 15) is 0 Å². The number of benzene rings is 9. The lowest BCUT2D eigenvalue weighted by Crippen LogP contribution is -2.74. The highest BCUT2D eigenvalue weighted by Crippen LogP contribution is 2.56. The van der Waals surface area contributed by atoms with E-state index >= 15 is 0 Å². The predicted molar refractivity (Wildman–Crippen MR) is 273 cm³/mol. The minimum absolute atomic E-state index is 0.186. The van der Waals surface area contributed by atoms with Gasteiger partial charge >= 0.3 is 0 Å². The van der Waals surface area contributed by atoms with Gasteiger partial charge in [0.2, 0.25) is 0 Å². The molecule has 2 fully saturated rings. The number of nitrogens with zero attached hydrogens (tertiary/aromatic N) is 1. The van der Waals surface area contributed by atoms with Crippen LogP contribution in [0.4, 0.5) is 17.1 Å². The van der Waals surface area contributed by atoms with Crippen molar-refractivity contribution in [3.05, 3.63) is 235 Å². The zero-order chi connectivity index (χ0) is 42.8. The van der Waals surface area contributed by atoms with Crippen LogP contribution in [0.3, 0.4) is 0 Å². The summed E-state index contributed by atoms with van der Waals surface area (Å²) in [5.74, 6) is 2.44. The van der Waals surface area contributed by atoms with Crippen molar-refractivity contribution in [3.8, 4) is 22.3 Å². The van der Waals surface area contributed by atoms with E-state index < -0.39 is 8.07 Å². The average Bonchev–Trinajstić information content (AvgIpc) is 4.06. The van der Waals surface area contributed by atoms with Gasteiger partial charge in [0, 0.05) is 22.5 Å². The van der Waals surface area contributed by atoms with Crippen LogP contribution < -0.4 is 25.6 Å². The monoisotopic (exact) mass is 839 g/mol. The lowest BCUT2D eigenvalue weighted by molar-refractivity contribution is 0.420. The van der Waals surface area contributed by atoms with Crippen molar-refractivity contribution in [1.82, 2.24) is 0 Å². The van der Waals surface area contributed by atoms with Crippen molar-refractivity contribution in [2.75, 3.05) is 4.90 Å². The van der Waals surface area contributed by atoms with Crippen molar-refractivity contribution >= 4 is 56.7 Å². The molecular formula is C62H53NSi. The van der Waals surface area contributed by atoms with Crippen LogP contribution in [-0.4, -0.2) is 8.07 Å². The van der Waals surface area contributed by atoms with Crippen LogP contribution in [0.15, 0.2) is 218 Å². The Labute approximate surface area is 379 Å². The minimum atomic E-state index is -2.71. The summed E-state index contributed by atoms with van der Waals surface area (Å²) in [4.78, 5) is 2.54. The number of hydrogen-bond donors (Lipinski definition) is 0. The molecule has 0 saturated heterocycles. The van der Waals surface area contributed by atoms with Crippen LogP contribution in [0.2, 0.25) is 0 Å². The van der Waals surface area contributed by atoms with Crippen LogP contribution in [0.5, 0.6) is 0 Å². The molecule has 64 heavy (non-hydrogen) atoms. The van der Waals surface area contributed by atoms with Gasteiger partial charge in [-0.25, -0.2) is 0 Å². The molecule has 0 aromatic heterocycles. The summed E-state index contributed by atoms with van der Waals surface area (Å²) in [7, 11) is -2.71. The van der Waals surface area contributed by atoms with E-state index in [2.05, 4.69) is 237 Å². The molecule has 3 aliphatic rings. The Morgan fingerprint density at radius 1 is 0.438 bits per heavy atom. The van der Waals surface area contributed by atoms with Gasteiger partial charge in [0.25, 0.3) is 0 Å². The first-order chi connectivity index (χ1) is 31.5. The summed E-state index contributed by atoms with van der Waals surface area (Å²) in [6, 6.07) is 83.0. The molecule has 310 valence electrons. The van der Waals surface area contributed by atoms with Gasteiger partial charge in [-0.15, -0.1) is 0 Å². The molecule has 12 rings (SSSR count). The van der Waals surface area contributed by atoms with Gasteiger partial charge in [0.1, 0.15) is 0 Å². The Morgan fingerprint density at radius 2 is 0.984 bits per heavy atom. The highest BCUT2D eigenvalue weighted by Gasteiger charge is 2.43. The van der Waals surface area contributed by atoms with E-state index in [0.717, 1.165) is 17.5 Å². The van der Waals surface area contributed by atoms with E-state index in [4.69, 9.17) is 0 Å². The van der Waals surface area contributed by atoms with Crippen molar-refractivity contribution in [2.24, 2.45) is 11.8 Å². The molecule has 0 aliphatic heterocycles. The van der Waals surface area contributed by atoms with Gasteiger partial charge in [-0.2, -0.15) is 0 Å². The van der Waals surface area contributed by atoms with E-state index in [1.807, 2.05) is 0 Å². The minimum Gasteiger partial charge on any atom is -0.310 e. The molecule has 0 amide bonds. The summed E-state index contributed by atoms with van der Waals surface area (Å²) in [6.07, 6.45) is 5.57. The van der Waals surface area contributed by atoms with Crippen molar-refractivity contribution in [3.63, 3.8) is 0 Å². The Balaban J connectivity index is 1.08. The fourth-order valence-corrected chi connectivity index (χ4v) is 17.2. The number of rotatable bonds is 9. The summed E-state index contributed by atoms with van der Waals surface area (Å²) in [5, 5.41) is 8.06. The van der Waals surface area contributed by atoms with Crippen LogP contribution in [0, 0.1) is 11.8 Å². The van der Waals surface area contributed by atoms with E-state index in [1.165, 1.54) is 108 Å². The molecule has 0 heterocycles. The van der Waals surface area contributed by atoms with E-state index in [-0.39, 0.29) is 5.41 Å². The second-order valence-electron chi connectivity index (χ2n) is 19.2. The maximum absolute atomic E-state index is 2.71. The maximum atomic E-state index is 2.54. The molecular weight excluding hydrogens is 787 g/mol. The topological polar surface area (TPSA) is 3.24 Å². The SMILES string of the molecule is CC1(C)c2ccccc2-c2c(-c3cccc4ccccc34)cc(N(c3ccc(C4CC5CCC4C5)cc3)c3ccc([Si](c4ccccc4)(c4ccccc4)c4ccccc4)cc3)cc21. The van der Waals surface area contributed by atoms with Crippen LogP contribution in [0.25, 0.3) is 33.0 Å². The van der Waals surface area contributed by atoms with Gasteiger partial charge in [0.15, 0.2) is 8.07 Å². The first-order valence-corrected chi connectivity index (χ1v) is 25.4. The molecule has 2 bridgehead atoms. The van der Waals surface area contributed by atoms with E-state index in [1.54, 1.807) is 0 Å². The Kier molecular flexibility index (Phi) is 9.42. The zero-order valence-electron chi connectivity index (χ0n) is 36.8. The third-order valence-corrected chi connectivity index (χ3v) is 20.3. The Hall–Kier alpha value is -6.74. The van der Waals surface area contributed by atoms with Gasteiger partial charge in [0.05, 0.1) is 0 Å². The van der Waals surface area contributed by atoms with Gasteiger partial charge in [-0.3, -0.25) is 0 Å². The fourth-order valence-electron chi connectivity index (χ4n) is 12.5. The third-order valence-electron chi connectivity index (χ3n) is 15.5. The van der Waals surface area contributed by atoms with Crippen molar-refractivity contribution in [2.45, 2.75) is 50.9 Å². The largest absolute Gasteiger partial charge is 0.310 e. The van der Waals surface area contributed by atoms with Gasteiger partial charge < -0.3 is 4.90 Å². The molecule has 1 nitrogen and oxygen atoms in total. The molecule has 3 aliphatic carbocycles. The smallest absolute Gasteiger partial charge is 0.179 e. The van der Waals surface area contributed by atoms with Crippen molar-refractivity contribution in [1.29, 1.82) is 0 Å². The summed E-state index contributed by atoms with van der Waals surface area (Å²) >= 11 is 0. The second-order valence-corrected chi connectivity index (χ2v) is 23.0. The second kappa shape index (κ2) is 15.5. The summed E-state index contributed by atoms with van der Waals surface area (Å²) in [5.41, 5.74) is 12.9. The summed E-state index contributed by atoms with van der Waals surface area (Å²) < 4.78 is 0. The lowest BCUT2D eigenvalue weighted by atomic mass is 9.81. The van der Waals surface area contributed by atoms with Crippen LogP contribution in [-0.2, 0) is 5.41 Å². The number of hydrogen-bond acceptors (Lipinski definition) is 1. The molecule has 3 atom stereocenters. The van der Waals surface area contributed by atoms with Gasteiger partial charge in [-0.1, -0.05) is 202 Å². The first kappa shape index (κ1) is 38.9. The first-order valence-electron chi connectivity index (χ1n) is 23.4. The normalized spacial score (nSPS) is 18.2. The quantitative estimate of drug-likeness (QED) is 0.103. The number of fused-ring (bicyclic) bond motifs is 6. The van der Waals surface area contributed by atoms with Crippen molar-refractivity contribution < 1.29 is 0 Å². The average molecular weight is 840 g/mol. The molecule has 2 saturated carbocycles. The third kappa shape index (κ3) is 6.18. The maximum Gasteiger partial charge on any atom is 0.179 e. The van der Waals surface area contributed by atoms with Crippen LogP contribution in [0.1, 0.15) is 62.1 Å².